The quantitative estimate of drug-likeness (QED) is 0.353. The van der Waals surface area contributed by atoms with Gasteiger partial charge in [0.15, 0.2) is 0 Å². The molecule has 0 aliphatic rings. The van der Waals surface area contributed by atoms with Gasteiger partial charge in [0.05, 0.1) is 5.69 Å². The molecule has 0 spiro atoms. The van der Waals surface area contributed by atoms with Gasteiger partial charge in [-0.2, -0.15) is 5.06 Å². The zero-order valence-electron chi connectivity index (χ0n) is 15.2. The van der Waals surface area contributed by atoms with Crippen LogP contribution in [0.25, 0.3) is 22.3 Å². The van der Waals surface area contributed by atoms with Crippen LogP contribution in [0.2, 0.25) is 0 Å². The third kappa shape index (κ3) is 3.70. The van der Waals surface area contributed by atoms with Gasteiger partial charge < -0.3 is 0 Å². The van der Waals surface area contributed by atoms with Gasteiger partial charge in [-0.25, -0.2) is 0 Å². The summed E-state index contributed by atoms with van der Waals surface area (Å²) in [6.07, 6.45) is 0. The molecule has 0 aromatic heterocycles. The van der Waals surface area contributed by atoms with E-state index in [2.05, 4.69) is 6.07 Å². The number of hydrogen-bond acceptors (Lipinski definition) is 2. The smallest absolute Gasteiger partial charge is 0.281 e. The van der Waals surface area contributed by atoms with E-state index in [1.165, 1.54) is 0 Å². The van der Waals surface area contributed by atoms with E-state index >= 15 is 0 Å². The predicted octanol–water partition coefficient (Wildman–Crippen LogP) is 6.06. The van der Waals surface area contributed by atoms with Gasteiger partial charge in [-0.1, -0.05) is 78.9 Å². The standard InChI is InChI=1S/C25H19NO2/c27-25(21-14-8-3-9-15-21)26(28)24-17-22(19-10-4-1-5-11-19)16-23(18-24)20-12-6-2-7-13-20/h1-18,28H. The molecule has 3 heteroatoms. The first-order valence-electron chi connectivity index (χ1n) is 9.07. The number of rotatable bonds is 4. The van der Waals surface area contributed by atoms with Gasteiger partial charge in [-0.15, -0.1) is 0 Å². The van der Waals surface area contributed by atoms with Crippen molar-refractivity contribution in [2.75, 3.05) is 5.06 Å². The largest absolute Gasteiger partial charge is 0.281 e. The van der Waals surface area contributed by atoms with E-state index in [1.807, 2.05) is 78.9 Å². The molecule has 0 aliphatic carbocycles. The van der Waals surface area contributed by atoms with E-state index in [0.717, 1.165) is 22.3 Å². The molecule has 0 atom stereocenters. The average molecular weight is 365 g/mol. The summed E-state index contributed by atoms with van der Waals surface area (Å²) in [5.41, 5.74) is 4.74. The molecule has 0 saturated heterocycles. The second kappa shape index (κ2) is 7.91. The maximum atomic E-state index is 12.7. The molecular weight excluding hydrogens is 346 g/mol. The summed E-state index contributed by atoms with van der Waals surface area (Å²) in [5.74, 6) is -0.468. The van der Waals surface area contributed by atoms with Crippen LogP contribution in [0.3, 0.4) is 0 Å². The van der Waals surface area contributed by atoms with Crippen LogP contribution in [0.4, 0.5) is 5.69 Å². The summed E-state index contributed by atoms with van der Waals surface area (Å²) in [6.45, 7) is 0. The average Bonchev–Trinajstić information content (AvgIpc) is 2.79. The summed E-state index contributed by atoms with van der Waals surface area (Å²) < 4.78 is 0. The number of carbonyl (C=O) groups excluding carboxylic acids is 1. The van der Waals surface area contributed by atoms with Crippen LogP contribution < -0.4 is 5.06 Å². The van der Waals surface area contributed by atoms with E-state index < -0.39 is 5.91 Å². The lowest BCUT2D eigenvalue weighted by molar-refractivity contribution is 0.0855. The molecule has 4 aromatic carbocycles. The second-order valence-electron chi connectivity index (χ2n) is 6.48. The summed E-state index contributed by atoms with van der Waals surface area (Å²) in [4.78, 5) is 12.7. The van der Waals surface area contributed by atoms with Gasteiger partial charge in [0, 0.05) is 5.56 Å². The van der Waals surface area contributed by atoms with Crippen molar-refractivity contribution in [1.29, 1.82) is 0 Å². The Morgan fingerprint density at radius 3 is 1.46 bits per heavy atom. The maximum absolute atomic E-state index is 12.7. The molecule has 0 unspecified atom stereocenters. The lowest BCUT2D eigenvalue weighted by Gasteiger charge is -2.18. The number of anilines is 1. The first kappa shape index (κ1) is 17.7. The molecule has 0 fully saturated rings. The topological polar surface area (TPSA) is 40.5 Å². The number of benzene rings is 4. The van der Waals surface area contributed by atoms with Gasteiger partial charge in [0.25, 0.3) is 5.91 Å². The Morgan fingerprint density at radius 2 is 1.00 bits per heavy atom. The zero-order valence-corrected chi connectivity index (χ0v) is 15.2. The fourth-order valence-electron chi connectivity index (χ4n) is 3.15. The summed E-state index contributed by atoms with van der Waals surface area (Å²) >= 11 is 0. The number of hydroxylamine groups is 1. The van der Waals surface area contributed by atoms with Crippen LogP contribution in [0, 0.1) is 0 Å². The molecule has 4 rings (SSSR count). The van der Waals surface area contributed by atoms with Gasteiger partial charge in [0.2, 0.25) is 0 Å². The number of amides is 1. The molecule has 3 nitrogen and oxygen atoms in total. The molecule has 0 saturated carbocycles. The molecule has 1 amide bonds. The molecule has 0 aliphatic heterocycles. The third-order valence-corrected chi connectivity index (χ3v) is 4.59. The van der Waals surface area contributed by atoms with Crippen LogP contribution in [0.15, 0.2) is 109 Å². The minimum atomic E-state index is -0.468. The fraction of sp³-hybridized carbons (Fsp3) is 0. The number of carbonyl (C=O) groups is 1. The zero-order chi connectivity index (χ0) is 19.3. The van der Waals surface area contributed by atoms with Crippen molar-refractivity contribution in [2.24, 2.45) is 0 Å². The van der Waals surface area contributed by atoms with Crippen molar-refractivity contribution in [3.05, 3.63) is 115 Å². The molecule has 136 valence electrons. The summed E-state index contributed by atoms with van der Waals surface area (Å²) in [6, 6.07) is 34.3. The van der Waals surface area contributed by atoms with Crippen LogP contribution in [-0.4, -0.2) is 11.1 Å². The molecule has 1 N–H and O–H groups in total. The van der Waals surface area contributed by atoms with Crippen molar-refractivity contribution in [2.45, 2.75) is 0 Å². The predicted molar refractivity (Wildman–Crippen MR) is 112 cm³/mol. The Kier molecular flexibility index (Phi) is 5.00. The molecular formula is C25H19NO2. The summed E-state index contributed by atoms with van der Waals surface area (Å²) in [5, 5.41) is 11.4. The number of hydrogen-bond donors (Lipinski definition) is 1. The van der Waals surface area contributed by atoms with E-state index in [1.54, 1.807) is 24.3 Å². The fourth-order valence-corrected chi connectivity index (χ4v) is 3.15. The number of nitrogens with zero attached hydrogens (tertiary/aromatic N) is 1. The lowest BCUT2D eigenvalue weighted by Crippen LogP contribution is -2.27. The molecule has 0 radical (unpaired) electrons. The van der Waals surface area contributed by atoms with E-state index in [0.29, 0.717) is 16.3 Å². The monoisotopic (exact) mass is 365 g/mol. The minimum absolute atomic E-state index is 0.425. The lowest BCUT2D eigenvalue weighted by atomic mass is 9.98. The van der Waals surface area contributed by atoms with Crippen molar-refractivity contribution in [3.8, 4) is 22.3 Å². The third-order valence-electron chi connectivity index (χ3n) is 4.59. The minimum Gasteiger partial charge on any atom is -0.281 e. The molecule has 4 aromatic rings. The van der Waals surface area contributed by atoms with Crippen LogP contribution in [-0.2, 0) is 0 Å². The van der Waals surface area contributed by atoms with E-state index in [-0.39, 0.29) is 0 Å². The second-order valence-corrected chi connectivity index (χ2v) is 6.48. The van der Waals surface area contributed by atoms with E-state index in [9.17, 15) is 10.0 Å². The SMILES string of the molecule is O=C(c1ccccc1)N(O)c1cc(-c2ccccc2)cc(-c2ccccc2)c1. The van der Waals surface area contributed by atoms with E-state index in [4.69, 9.17) is 0 Å². The normalized spacial score (nSPS) is 10.5. The van der Waals surface area contributed by atoms with Crippen molar-refractivity contribution in [1.82, 2.24) is 0 Å². The van der Waals surface area contributed by atoms with Gasteiger partial charge in [0.1, 0.15) is 0 Å². The molecule has 0 heterocycles. The Morgan fingerprint density at radius 1 is 0.571 bits per heavy atom. The Labute approximate surface area is 164 Å². The van der Waals surface area contributed by atoms with Crippen molar-refractivity contribution < 1.29 is 10.0 Å². The van der Waals surface area contributed by atoms with Gasteiger partial charge >= 0.3 is 0 Å². The van der Waals surface area contributed by atoms with Gasteiger partial charge in [-0.05, 0) is 52.6 Å². The van der Waals surface area contributed by atoms with Crippen LogP contribution >= 0.6 is 0 Å². The highest BCUT2D eigenvalue weighted by atomic mass is 16.5. The van der Waals surface area contributed by atoms with Crippen molar-refractivity contribution >= 4 is 11.6 Å². The van der Waals surface area contributed by atoms with Crippen LogP contribution in [0.1, 0.15) is 10.4 Å². The Hall–Kier alpha value is -3.69. The van der Waals surface area contributed by atoms with Crippen molar-refractivity contribution in [3.63, 3.8) is 0 Å². The highest BCUT2D eigenvalue weighted by Gasteiger charge is 2.17. The Bertz CT molecular complexity index is 1020. The molecule has 28 heavy (non-hydrogen) atoms. The molecule has 0 bridgehead atoms. The highest BCUT2D eigenvalue weighted by Crippen LogP contribution is 2.32. The first-order valence-corrected chi connectivity index (χ1v) is 9.07. The first-order chi connectivity index (χ1) is 13.7. The summed E-state index contributed by atoms with van der Waals surface area (Å²) in [7, 11) is 0. The van der Waals surface area contributed by atoms with Gasteiger partial charge in [-0.3, -0.25) is 10.0 Å². The Balaban J connectivity index is 1.81. The van der Waals surface area contributed by atoms with Crippen LogP contribution in [0.5, 0.6) is 0 Å². The maximum Gasteiger partial charge on any atom is 0.281 e. The highest BCUT2D eigenvalue weighted by molar-refractivity contribution is 6.05.